The van der Waals surface area contributed by atoms with Crippen molar-refractivity contribution in [3.8, 4) is 5.75 Å². The topological polar surface area (TPSA) is 77.2 Å². The number of aromatic nitrogens is 2. The lowest BCUT2D eigenvalue weighted by molar-refractivity contribution is -0.122. The average Bonchev–Trinajstić information content (AvgIpc) is 2.99. The summed E-state index contributed by atoms with van der Waals surface area (Å²) in [7, 11) is 0. The van der Waals surface area contributed by atoms with Crippen molar-refractivity contribution in [3.05, 3.63) is 35.7 Å². The molecule has 1 saturated carbocycles. The fourth-order valence-corrected chi connectivity index (χ4v) is 4.33. The lowest BCUT2D eigenvalue weighted by atomic mass is 10.1. The largest absolute Gasteiger partial charge is 0.484 e. The molecule has 1 unspecified atom stereocenters. The van der Waals surface area contributed by atoms with Gasteiger partial charge < -0.3 is 14.5 Å². The number of hydrogen-bond donors (Lipinski definition) is 1. The molecule has 1 amide bonds. The third-order valence-electron chi connectivity index (χ3n) is 5.12. The number of ether oxygens (including phenoxy) is 1. The summed E-state index contributed by atoms with van der Waals surface area (Å²) in [5, 5.41) is 11.5. The number of thioether (sulfide) groups is 1. The molecule has 1 aromatic heterocycles. The summed E-state index contributed by atoms with van der Waals surface area (Å²) < 4.78 is 11.4. The molecule has 158 valence electrons. The third kappa shape index (κ3) is 6.77. The molecule has 0 saturated heterocycles. The molecule has 1 heterocycles. The first-order valence-corrected chi connectivity index (χ1v) is 11.4. The van der Waals surface area contributed by atoms with E-state index in [0.29, 0.717) is 11.1 Å². The van der Waals surface area contributed by atoms with E-state index < -0.39 is 0 Å². The molecule has 1 N–H and O–H groups in total. The SMILES string of the molecule is Cc1ccc(OCc2nnc(SC(C(=O)NC3CCCCCC3)C(C)C)o2)cc1. The molecule has 3 rings (SSSR count). The highest BCUT2D eigenvalue weighted by Crippen LogP contribution is 2.28. The summed E-state index contributed by atoms with van der Waals surface area (Å²) >= 11 is 1.34. The van der Waals surface area contributed by atoms with Crippen LogP contribution in [-0.4, -0.2) is 27.4 Å². The van der Waals surface area contributed by atoms with Gasteiger partial charge in [0.2, 0.25) is 5.91 Å². The first kappa shape index (κ1) is 21.7. The van der Waals surface area contributed by atoms with Gasteiger partial charge in [-0.3, -0.25) is 4.79 Å². The monoisotopic (exact) mass is 417 g/mol. The van der Waals surface area contributed by atoms with Gasteiger partial charge in [-0.05, 0) is 37.8 Å². The van der Waals surface area contributed by atoms with Crippen LogP contribution in [0.1, 0.15) is 63.8 Å². The van der Waals surface area contributed by atoms with Gasteiger partial charge in [0.1, 0.15) is 5.75 Å². The molecule has 1 fully saturated rings. The second kappa shape index (κ2) is 10.7. The minimum Gasteiger partial charge on any atom is -0.484 e. The Kier molecular flexibility index (Phi) is 7.98. The molecule has 0 bridgehead atoms. The van der Waals surface area contributed by atoms with Gasteiger partial charge >= 0.3 is 0 Å². The molecule has 6 nitrogen and oxygen atoms in total. The van der Waals surface area contributed by atoms with Crippen LogP contribution in [0.2, 0.25) is 0 Å². The fraction of sp³-hybridized carbons (Fsp3) is 0.591. The molecule has 29 heavy (non-hydrogen) atoms. The molecule has 2 aromatic rings. The minimum absolute atomic E-state index is 0.0626. The second-order valence-corrected chi connectivity index (χ2v) is 9.14. The van der Waals surface area contributed by atoms with Crippen LogP contribution >= 0.6 is 11.8 Å². The standard InChI is InChI=1S/C22H31N3O3S/c1-15(2)20(21(26)23-17-8-6-4-5-7-9-17)29-22-25-24-19(28-22)14-27-18-12-10-16(3)11-13-18/h10-13,15,17,20H,4-9,14H2,1-3H3,(H,23,26). The summed E-state index contributed by atoms with van der Waals surface area (Å²) in [6, 6.07) is 8.09. The second-order valence-electron chi connectivity index (χ2n) is 8.04. The van der Waals surface area contributed by atoms with Gasteiger partial charge in [-0.2, -0.15) is 0 Å². The Morgan fingerprint density at radius 3 is 2.52 bits per heavy atom. The van der Waals surface area contributed by atoms with Crippen molar-refractivity contribution in [2.24, 2.45) is 5.92 Å². The highest BCUT2D eigenvalue weighted by Gasteiger charge is 2.28. The number of benzene rings is 1. The Morgan fingerprint density at radius 2 is 1.86 bits per heavy atom. The zero-order valence-corrected chi connectivity index (χ0v) is 18.3. The molecule has 1 aliphatic carbocycles. The molecule has 1 aromatic carbocycles. The Hall–Kier alpha value is -2.02. The van der Waals surface area contributed by atoms with E-state index >= 15 is 0 Å². The minimum atomic E-state index is -0.260. The number of carbonyl (C=O) groups excluding carboxylic acids is 1. The maximum absolute atomic E-state index is 12.9. The molecule has 0 aliphatic heterocycles. The van der Waals surface area contributed by atoms with E-state index in [1.807, 2.05) is 45.0 Å². The van der Waals surface area contributed by atoms with E-state index in [4.69, 9.17) is 9.15 Å². The summed E-state index contributed by atoms with van der Waals surface area (Å²) in [5.74, 6) is 1.38. The number of aryl methyl sites for hydroxylation is 1. The van der Waals surface area contributed by atoms with Gasteiger partial charge in [0.05, 0.1) is 5.25 Å². The summed E-state index contributed by atoms with van der Waals surface area (Å²) in [4.78, 5) is 12.9. The van der Waals surface area contributed by atoms with Crippen molar-refractivity contribution >= 4 is 17.7 Å². The van der Waals surface area contributed by atoms with Crippen molar-refractivity contribution in [2.75, 3.05) is 0 Å². The fourth-order valence-electron chi connectivity index (χ4n) is 3.43. The van der Waals surface area contributed by atoms with Gasteiger partial charge in [-0.15, -0.1) is 10.2 Å². The summed E-state index contributed by atoms with van der Waals surface area (Å²) in [6.07, 6.45) is 7.07. The first-order chi connectivity index (χ1) is 14.0. The zero-order valence-electron chi connectivity index (χ0n) is 17.5. The van der Waals surface area contributed by atoms with Crippen molar-refractivity contribution in [2.45, 2.75) is 82.4 Å². The van der Waals surface area contributed by atoms with Crippen molar-refractivity contribution in [3.63, 3.8) is 0 Å². The molecular formula is C22H31N3O3S. The number of rotatable bonds is 8. The van der Waals surface area contributed by atoms with E-state index in [1.54, 1.807) is 0 Å². The maximum atomic E-state index is 12.9. The molecular weight excluding hydrogens is 386 g/mol. The predicted molar refractivity (Wildman–Crippen MR) is 114 cm³/mol. The molecule has 1 atom stereocenters. The van der Waals surface area contributed by atoms with E-state index in [0.717, 1.165) is 18.6 Å². The van der Waals surface area contributed by atoms with Crippen LogP contribution in [0.4, 0.5) is 0 Å². The van der Waals surface area contributed by atoms with Crippen molar-refractivity contribution < 1.29 is 13.9 Å². The van der Waals surface area contributed by atoms with Crippen LogP contribution in [0.25, 0.3) is 0 Å². The van der Waals surface area contributed by atoms with E-state index in [1.165, 1.54) is 43.0 Å². The Balaban J connectivity index is 1.54. The summed E-state index contributed by atoms with van der Waals surface area (Å²) in [6.45, 7) is 6.32. The smallest absolute Gasteiger partial charge is 0.277 e. The van der Waals surface area contributed by atoms with Gasteiger partial charge in [-0.1, -0.05) is 69.0 Å². The van der Waals surface area contributed by atoms with Crippen LogP contribution in [0, 0.1) is 12.8 Å². The van der Waals surface area contributed by atoms with Crippen LogP contribution < -0.4 is 10.1 Å². The van der Waals surface area contributed by atoms with Crippen LogP contribution in [0.5, 0.6) is 5.75 Å². The molecule has 1 aliphatic rings. The van der Waals surface area contributed by atoms with Crippen molar-refractivity contribution in [1.82, 2.24) is 15.5 Å². The van der Waals surface area contributed by atoms with Gasteiger partial charge in [0, 0.05) is 6.04 Å². The first-order valence-electron chi connectivity index (χ1n) is 10.5. The number of amides is 1. The number of nitrogens with zero attached hydrogens (tertiary/aromatic N) is 2. The third-order valence-corrected chi connectivity index (χ3v) is 6.50. The Morgan fingerprint density at radius 1 is 1.17 bits per heavy atom. The van der Waals surface area contributed by atoms with Gasteiger partial charge in [0.25, 0.3) is 11.1 Å². The average molecular weight is 418 g/mol. The number of carbonyl (C=O) groups is 1. The highest BCUT2D eigenvalue weighted by molar-refractivity contribution is 8.00. The predicted octanol–water partition coefficient (Wildman–Crippen LogP) is 4.91. The van der Waals surface area contributed by atoms with E-state index in [2.05, 4.69) is 15.5 Å². The van der Waals surface area contributed by atoms with E-state index in [9.17, 15) is 4.79 Å². The van der Waals surface area contributed by atoms with Gasteiger partial charge in [0.15, 0.2) is 6.61 Å². The summed E-state index contributed by atoms with van der Waals surface area (Å²) in [5.41, 5.74) is 1.18. The molecule has 7 heteroatoms. The molecule has 0 spiro atoms. The maximum Gasteiger partial charge on any atom is 0.277 e. The Labute approximate surface area is 177 Å². The van der Waals surface area contributed by atoms with Crippen molar-refractivity contribution in [1.29, 1.82) is 0 Å². The highest BCUT2D eigenvalue weighted by atomic mass is 32.2. The van der Waals surface area contributed by atoms with Crippen LogP contribution in [-0.2, 0) is 11.4 Å². The quantitative estimate of drug-likeness (QED) is 0.486. The van der Waals surface area contributed by atoms with Gasteiger partial charge in [-0.25, -0.2) is 0 Å². The number of hydrogen-bond acceptors (Lipinski definition) is 6. The Bertz CT molecular complexity index is 768. The normalized spacial score (nSPS) is 16.4. The lowest BCUT2D eigenvalue weighted by Gasteiger charge is -2.22. The lowest BCUT2D eigenvalue weighted by Crippen LogP contribution is -2.41. The van der Waals surface area contributed by atoms with Crippen LogP contribution in [0.3, 0.4) is 0 Å². The number of nitrogens with one attached hydrogen (secondary N) is 1. The zero-order chi connectivity index (χ0) is 20.6. The van der Waals surface area contributed by atoms with Crippen LogP contribution in [0.15, 0.2) is 33.9 Å². The van der Waals surface area contributed by atoms with E-state index in [-0.39, 0.29) is 29.7 Å². The molecule has 0 radical (unpaired) electrons.